The van der Waals surface area contributed by atoms with E-state index in [2.05, 4.69) is 5.32 Å². The van der Waals surface area contributed by atoms with E-state index in [9.17, 15) is 19.7 Å². The number of non-ortho nitro benzene ring substituents is 1. The Labute approximate surface area is 208 Å². The number of hydrogen-bond donors (Lipinski definition) is 1. The van der Waals surface area contributed by atoms with Crippen LogP contribution in [0.2, 0.25) is 0 Å². The quantitative estimate of drug-likeness (QED) is 0.340. The van der Waals surface area contributed by atoms with E-state index in [0.717, 1.165) is 5.56 Å². The number of ketones is 1. The highest BCUT2D eigenvalue weighted by Crippen LogP contribution is 2.46. The average molecular weight is 493 g/mol. The van der Waals surface area contributed by atoms with Crippen LogP contribution in [0.4, 0.5) is 5.69 Å². The summed E-state index contributed by atoms with van der Waals surface area (Å²) >= 11 is 0. The van der Waals surface area contributed by atoms with Gasteiger partial charge in [0.15, 0.2) is 17.3 Å². The van der Waals surface area contributed by atoms with E-state index in [1.54, 1.807) is 40.2 Å². The van der Waals surface area contributed by atoms with E-state index < -0.39 is 16.8 Å². The molecule has 9 nitrogen and oxygen atoms in total. The number of ether oxygens (including phenoxy) is 3. The van der Waals surface area contributed by atoms with Crippen molar-refractivity contribution in [2.45, 2.75) is 38.5 Å². The van der Waals surface area contributed by atoms with E-state index in [-0.39, 0.29) is 36.0 Å². The van der Waals surface area contributed by atoms with Crippen molar-refractivity contribution < 1.29 is 28.7 Å². The number of carbonyl (C=O) groups excluding carboxylic acids is 2. The van der Waals surface area contributed by atoms with Crippen LogP contribution in [-0.4, -0.2) is 37.5 Å². The van der Waals surface area contributed by atoms with Crippen molar-refractivity contribution in [1.29, 1.82) is 0 Å². The number of nitrogens with one attached hydrogen (secondary N) is 1. The number of nitro benzene ring substituents is 1. The van der Waals surface area contributed by atoms with E-state index >= 15 is 0 Å². The fraction of sp³-hybridized carbons (Fsp3) is 0.333. The Kier molecular flexibility index (Phi) is 7.10. The van der Waals surface area contributed by atoms with Gasteiger partial charge in [-0.2, -0.15) is 0 Å². The predicted molar refractivity (Wildman–Crippen MR) is 132 cm³/mol. The largest absolute Gasteiger partial charge is 0.493 e. The molecule has 1 aliphatic carbocycles. The fourth-order valence-electron chi connectivity index (χ4n) is 5.01. The molecule has 4 rings (SSSR count). The number of rotatable bonds is 7. The van der Waals surface area contributed by atoms with Gasteiger partial charge in [-0.05, 0) is 49.4 Å². The lowest BCUT2D eigenvalue weighted by Crippen LogP contribution is -2.36. The van der Waals surface area contributed by atoms with E-state index in [1.807, 2.05) is 18.2 Å². The number of nitrogens with zero attached hydrogens (tertiary/aromatic N) is 1. The molecule has 2 aromatic rings. The second-order valence-corrected chi connectivity index (χ2v) is 8.70. The third-order valence-corrected chi connectivity index (χ3v) is 6.62. The Hall–Kier alpha value is -4.14. The van der Waals surface area contributed by atoms with Gasteiger partial charge in [-0.3, -0.25) is 14.9 Å². The van der Waals surface area contributed by atoms with Crippen LogP contribution in [0.5, 0.6) is 11.5 Å². The van der Waals surface area contributed by atoms with Gasteiger partial charge in [0, 0.05) is 41.4 Å². The summed E-state index contributed by atoms with van der Waals surface area (Å²) in [5.41, 5.74) is 3.31. The normalized spacial score (nSPS) is 19.4. The second-order valence-electron chi connectivity index (χ2n) is 8.70. The number of dihydropyridines is 1. The van der Waals surface area contributed by atoms with Crippen molar-refractivity contribution in [3.05, 3.63) is 86.2 Å². The Bertz CT molecular complexity index is 1290. The molecule has 0 radical (unpaired) electrons. The number of hydrogen-bond acceptors (Lipinski definition) is 8. The van der Waals surface area contributed by atoms with Gasteiger partial charge in [0.05, 0.1) is 31.3 Å². The van der Waals surface area contributed by atoms with Crippen LogP contribution >= 0.6 is 0 Å². The van der Waals surface area contributed by atoms with Crippen LogP contribution in [-0.2, 0) is 14.3 Å². The van der Waals surface area contributed by atoms with Crippen molar-refractivity contribution in [1.82, 2.24) is 5.32 Å². The number of methoxy groups -OCH3 is 2. The molecule has 2 aliphatic rings. The molecule has 0 saturated heterocycles. The third-order valence-electron chi connectivity index (χ3n) is 6.62. The highest BCUT2D eigenvalue weighted by Gasteiger charge is 2.41. The zero-order valence-electron chi connectivity index (χ0n) is 20.6. The maximum atomic E-state index is 13.7. The van der Waals surface area contributed by atoms with Crippen LogP contribution in [0.25, 0.3) is 0 Å². The number of Topliss-reactive ketones (excluding diaryl/α,β-unsaturated/α-hetero) is 1. The highest BCUT2D eigenvalue weighted by atomic mass is 16.6. The van der Waals surface area contributed by atoms with Gasteiger partial charge in [-0.15, -0.1) is 0 Å². The summed E-state index contributed by atoms with van der Waals surface area (Å²) in [6, 6.07) is 11.7. The Morgan fingerprint density at radius 1 is 1.08 bits per heavy atom. The molecule has 0 amide bonds. The van der Waals surface area contributed by atoms with Gasteiger partial charge < -0.3 is 19.5 Å². The fourth-order valence-corrected chi connectivity index (χ4v) is 5.01. The molecule has 0 aromatic heterocycles. The lowest BCUT2D eigenvalue weighted by molar-refractivity contribution is -0.384. The maximum Gasteiger partial charge on any atom is 0.336 e. The molecular weight excluding hydrogens is 464 g/mol. The monoisotopic (exact) mass is 492 g/mol. The van der Waals surface area contributed by atoms with Crippen LogP contribution in [0.15, 0.2) is 65.0 Å². The number of benzene rings is 2. The van der Waals surface area contributed by atoms with Crippen molar-refractivity contribution in [3.63, 3.8) is 0 Å². The number of nitro groups is 1. The van der Waals surface area contributed by atoms with Gasteiger partial charge in [-0.25, -0.2) is 4.79 Å². The van der Waals surface area contributed by atoms with E-state index in [1.165, 1.54) is 12.1 Å². The summed E-state index contributed by atoms with van der Waals surface area (Å²) < 4.78 is 16.1. The molecular formula is C27H28N2O7. The second kappa shape index (κ2) is 10.2. The highest BCUT2D eigenvalue weighted by molar-refractivity contribution is 6.04. The van der Waals surface area contributed by atoms with Crippen LogP contribution < -0.4 is 14.8 Å². The summed E-state index contributed by atoms with van der Waals surface area (Å²) in [5, 5.41) is 14.7. The lowest BCUT2D eigenvalue weighted by atomic mass is 9.71. The number of carbonyl (C=O) groups is 2. The minimum absolute atomic E-state index is 0.111. The molecule has 1 N–H and O–H groups in total. The number of allylic oxidation sites excluding steroid dienone is 3. The van der Waals surface area contributed by atoms with Crippen molar-refractivity contribution in [3.8, 4) is 11.5 Å². The molecule has 0 saturated carbocycles. The molecule has 1 aliphatic heterocycles. The molecule has 0 bridgehead atoms. The molecule has 0 unspecified atom stereocenters. The lowest BCUT2D eigenvalue weighted by Gasteiger charge is -2.36. The Morgan fingerprint density at radius 2 is 1.83 bits per heavy atom. The first-order valence-corrected chi connectivity index (χ1v) is 11.7. The van der Waals surface area contributed by atoms with Crippen LogP contribution in [0, 0.1) is 10.1 Å². The van der Waals surface area contributed by atoms with Crippen molar-refractivity contribution in [2.24, 2.45) is 0 Å². The van der Waals surface area contributed by atoms with E-state index in [0.29, 0.717) is 40.5 Å². The smallest absolute Gasteiger partial charge is 0.336 e. The van der Waals surface area contributed by atoms with Gasteiger partial charge in [-0.1, -0.05) is 18.2 Å². The summed E-state index contributed by atoms with van der Waals surface area (Å²) in [6.07, 6.45) is 0.742. The molecule has 0 fully saturated rings. The SMILES string of the molecule is CCOC(=O)C1=C(C)NC2=C(C(=O)C[C@@H](c3ccc(OC)c(OC)c3)C2)[C@@H]1c1cccc([N+](=O)[O-])c1. The minimum Gasteiger partial charge on any atom is -0.493 e. The number of esters is 1. The first kappa shape index (κ1) is 25.0. The third kappa shape index (κ3) is 4.56. The van der Waals surface area contributed by atoms with Gasteiger partial charge in [0.25, 0.3) is 5.69 Å². The molecule has 188 valence electrons. The Balaban J connectivity index is 1.80. The average Bonchev–Trinajstić information content (AvgIpc) is 2.87. The molecule has 0 spiro atoms. The summed E-state index contributed by atoms with van der Waals surface area (Å²) in [6.45, 7) is 3.62. The predicted octanol–water partition coefficient (Wildman–Crippen LogP) is 4.54. The molecule has 36 heavy (non-hydrogen) atoms. The first-order chi connectivity index (χ1) is 17.3. The first-order valence-electron chi connectivity index (χ1n) is 11.7. The van der Waals surface area contributed by atoms with Crippen LogP contribution in [0.3, 0.4) is 0 Å². The summed E-state index contributed by atoms with van der Waals surface area (Å²) in [7, 11) is 3.13. The van der Waals surface area contributed by atoms with E-state index in [4.69, 9.17) is 14.2 Å². The van der Waals surface area contributed by atoms with Gasteiger partial charge in [0.2, 0.25) is 0 Å². The summed E-state index contributed by atoms with van der Waals surface area (Å²) in [5.74, 6) is -0.392. The van der Waals surface area contributed by atoms with Crippen LogP contribution in [0.1, 0.15) is 49.7 Å². The zero-order valence-corrected chi connectivity index (χ0v) is 20.6. The minimum atomic E-state index is -0.765. The zero-order chi connectivity index (χ0) is 26.0. The molecule has 2 atom stereocenters. The van der Waals surface area contributed by atoms with Crippen molar-refractivity contribution >= 4 is 17.4 Å². The van der Waals surface area contributed by atoms with Gasteiger partial charge >= 0.3 is 5.97 Å². The molecule has 1 heterocycles. The maximum absolute atomic E-state index is 13.7. The van der Waals surface area contributed by atoms with Gasteiger partial charge in [0.1, 0.15) is 0 Å². The molecule has 9 heteroatoms. The standard InChI is InChI=1S/C27H28N2O7/c1-5-36-27(31)24-15(2)28-20-12-18(16-9-10-22(34-3)23(14-16)35-4)13-21(30)26(20)25(24)17-7-6-8-19(11-17)29(32)33/h6-11,14,18,25,28H,5,12-13H2,1-4H3/t18-,25+/m0/s1. The van der Waals surface area contributed by atoms with Crippen molar-refractivity contribution in [2.75, 3.05) is 20.8 Å². The topological polar surface area (TPSA) is 117 Å². The Morgan fingerprint density at radius 3 is 2.50 bits per heavy atom. The molecule has 2 aromatic carbocycles. The summed E-state index contributed by atoms with van der Waals surface area (Å²) in [4.78, 5) is 37.6.